The average molecular weight is 280 g/mol. The van der Waals surface area contributed by atoms with Gasteiger partial charge in [-0.3, -0.25) is 0 Å². The molecule has 3 heterocycles. The van der Waals surface area contributed by atoms with Crippen LogP contribution in [-0.2, 0) is 23.4 Å². The molecular formula is C12H16N4O2S. The standard InChI is InChI=1S/C12H16N4O2S/c1-15-5-3-13-11(15)12-14-4-6-16(12)8-10-2-7-19(17,18)9-10/h3-6,10H,2,7-9H2,1H3/t10-/m1/s1. The number of rotatable bonds is 3. The van der Waals surface area contributed by atoms with E-state index in [0.717, 1.165) is 18.1 Å². The molecule has 0 spiro atoms. The van der Waals surface area contributed by atoms with Crippen LogP contribution in [-0.4, -0.2) is 39.0 Å². The van der Waals surface area contributed by atoms with Crippen molar-refractivity contribution in [3.8, 4) is 11.6 Å². The molecule has 2 aromatic rings. The van der Waals surface area contributed by atoms with E-state index in [1.54, 1.807) is 12.4 Å². The Morgan fingerprint density at radius 1 is 1.26 bits per heavy atom. The van der Waals surface area contributed by atoms with E-state index in [2.05, 4.69) is 9.97 Å². The number of imidazole rings is 2. The maximum atomic E-state index is 11.5. The third-order valence-corrected chi connectivity index (χ3v) is 5.36. The van der Waals surface area contributed by atoms with Gasteiger partial charge in [-0.2, -0.15) is 0 Å². The second-order valence-electron chi connectivity index (χ2n) is 5.03. The van der Waals surface area contributed by atoms with Crippen LogP contribution >= 0.6 is 0 Å². The molecule has 0 saturated carbocycles. The molecular weight excluding hydrogens is 264 g/mol. The van der Waals surface area contributed by atoms with E-state index in [-0.39, 0.29) is 11.7 Å². The van der Waals surface area contributed by atoms with Crippen molar-refractivity contribution in [1.82, 2.24) is 19.1 Å². The summed E-state index contributed by atoms with van der Waals surface area (Å²) in [4.78, 5) is 8.61. The van der Waals surface area contributed by atoms with Crippen LogP contribution in [0.2, 0.25) is 0 Å². The summed E-state index contributed by atoms with van der Waals surface area (Å²) in [5.41, 5.74) is 0. The van der Waals surface area contributed by atoms with Crippen LogP contribution in [0.1, 0.15) is 6.42 Å². The smallest absolute Gasteiger partial charge is 0.176 e. The van der Waals surface area contributed by atoms with Crippen molar-refractivity contribution in [2.24, 2.45) is 13.0 Å². The highest BCUT2D eigenvalue weighted by molar-refractivity contribution is 7.91. The van der Waals surface area contributed by atoms with Gasteiger partial charge in [0.25, 0.3) is 0 Å². The normalized spacial score (nSPS) is 21.8. The van der Waals surface area contributed by atoms with Gasteiger partial charge in [-0.1, -0.05) is 0 Å². The van der Waals surface area contributed by atoms with E-state index >= 15 is 0 Å². The molecule has 0 radical (unpaired) electrons. The first kappa shape index (κ1) is 12.4. The summed E-state index contributed by atoms with van der Waals surface area (Å²) in [6.07, 6.45) is 7.95. The molecule has 1 atom stereocenters. The predicted molar refractivity (Wildman–Crippen MR) is 71.2 cm³/mol. The van der Waals surface area contributed by atoms with E-state index < -0.39 is 9.84 Å². The Morgan fingerprint density at radius 3 is 2.63 bits per heavy atom. The largest absolute Gasteiger partial charge is 0.331 e. The highest BCUT2D eigenvalue weighted by Gasteiger charge is 2.28. The maximum absolute atomic E-state index is 11.5. The summed E-state index contributed by atoms with van der Waals surface area (Å²) in [5, 5.41) is 0. The molecule has 0 aliphatic carbocycles. The first-order chi connectivity index (χ1) is 9.05. The summed E-state index contributed by atoms with van der Waals surface area (Å²) in [5.74, 6) is 2.36. The molecule has 1 aliphatic heterocycles. The molecule has 2 aromatic heterocycles. The molecule has 6 nitrogen and oxygen atoms in total. The lowest BCUT2D eigenvalue weighted by molar-refractivity contribution is 0.492. The number of aromatic nitrogens is 4. The average Bonchev–Trinajstić information content (AvgIpc) is 3.01. The molecule has 0 amide bonds. The Hall–Kier alpha value is -1.63. The van der Waals surface area contributed by atoms with Crippen LogP contribution < -0.4 is 0 Å². The molecule has 1 aliphatic rings. The minimum Gasteiger partial charge on any atom is -0.331 e. The molecule has 7 heteroatoms. The number of hydrogen-bond acceptors (Lipinski definition) is 4. The predicted octanol–water partition coefficient (Wildman–Crippen LogP) is 0.718. The van der Waals surface area contributed by atoms with E-state index in [1.165, 1.54) is 0 Å². The van der Waals surface area contributed by atoms with E-state index in [0.29, 0.717) is 12.3 Å². The van der Waals surface area contributed by atoms with Gasteiger partial charge in [0.15, 0.2) is 21.5 Å². The highest BCUT2D eigenvalue weighted by Crippen LogP contribution is 2.23. The van der Waals surface area contributed by atoms with Crippen molar-refractivity contribution in [3.63, 3.8) is 0 Å². The van der Waals surface area contributed by atoms with Crippen LogP contribution in [0.25, 0.3) is 11.6 Å². The van der Waals surface area contributed by atoms with Gasteiger partial charge in [0.1, 0.15) is 0 Å². The monoisotopic (exact) mass is 280 g/mol. The lowest BCUT2D eigenvalue weighted by Gasteiger charge is -2.11. The van der Waals surface area contributed by atoms with Crippen LogP contribution in [0, 0.1) is 5.92 Å². The molecule has 19 heavy (non-hydrogen) atoms. The van der Waals surface area contributed by atoms with Crippen molar-refractivity contribution in [3.05, 3.63) is 24.8 Å². The lowest BCUT2D eigenvalue weighted by Crippen LogP contribution is -2.13. The Bertz CT molecular complexity index is 686. The van der Waals surface area contributed by atoms with Gasteiger partial charge < -0.3 is 9.13 Å². The van der Waals surface area contributed by atoms with Crippen molar-refractivity contribution in [1.29, 1.82) is 0 Å². The fourth-order valence-electron chi connectivity index (χ4n) is 2.54. The molecule has 1 saturated heterocycles. The summed E-state index contributed by atoms with van der Waals surface area (Å²) >= 11 is 0. The minimum absolute atomic E-state index is 0.179. The van der Waals surface area contributed by atoms with Crippen LogP contribution in [0.15, 0.2) is 24.8 Å². The van der Waals surface area contributed by atoms with Crippen LogP contribution in [0.3, 0.4) is 0 Å². The van der Waals surface area contributed by atoms with Gasteiger partial charge in [0.2, 0.25) is 0 Å². The second-order valence-corrected chi connectivity index (χ2v) is 7.26. The number of nitrogens with zero attached hydrogens (tertiary/aromatic N) is 4. The lowest BCUT2D eigenvalue weighted by atomic mass is 10.1. The Labute approximate surface area is 112 Å². The molecule has 0 bridgehead atoms. The Morgan fingerprint density at radius 2 is 2.00 bits per heavy atom. The molecule has 0 N–H and O–H groups in total. The summed E-state index contributed by atoms with van der Waals surface area (Å²) < 4.78 is 26.9. The molecule has 0 aromatic carbocycles. The van der Waals surface area contributed by atoms with E-state index in [1.807, 2.05) is 28.6 Å². The van der Waals surface area contributed by atoms with E-state index in [4.69, 9.17) is 0 Å². The van der Waals surface area contributed by atoms with Crippen molar-refractivity contribution >= 4 is 9.84 Å². The highest BCUT2D eigenvalue weighted by atomic mass is 32.2. The third kappa shape index (κ3) is 2.42. The fraction of sp³-hybridized carbons (Fsp3) is 0.500. The van der Waals surface area contributed by atoms with Gasteiger partial charge >= 0.3 is 0 Å². The Kier molecular flexibility index (Phi) is 2.93. The summed E-state index contributed by atoms with van der Waals surface area (Å²) in [6.45, 7) is 0.682. The van der Waals surface area contributed by atoms with Crippen molar-refractivity contribution in [2.75, 3.05) is 11.5 Å². The SMILES string of the molecule is Cn1ccnc1-c1nccn1C[C@H]1CCS(=O)(=O)C1. The minimum atomic E-state index is -2.83. The number of sulfone groups is 1. The fourth-order valence-corrected chi connectivity index (χ4v) is 4.39. The second kappa shape index (κ2) is 4.48. The first-order valence-corrected chi connectivity index (χ1v) is 8.06. The van der Waals surface area contributed by atoms with Crippen molar-refractivity contribution in [2.45, 2.75) is 13.0 Å². The summed E-state index contributed by atoms with van der Waals surface area (Å²) in [6, 6.07) is 0. The van der Waals surface area contributed by atoms with Gasteiger partial charge in [-0.15, -0.1) is 0 Å². The third-order valence-electron chi connectivity index (χ3n) is 3.52. The van der Waals surface area contributed by atoms with Gasteiger partial charge in [0, 0.05) is 38.4 Å². The topological polar surface area (TPSA) is 69.8 Å². The quantitative estimate of drug-likeness (QED) is 0.830. The zero-order chi connectivity index (χ0) is 13.5. The number of aryl methyl sites for hydroxylation is 1. The van der Waals surface area contributed by atoms with Gasteiger partial charge in [-0.25, -0.2) is 18.4 Å². The molecule has 1 fully saturated rings. The van der Waals surface area contributed by atoms with Gasteiger partial charge in [0.05, 0.1) is 11.5 Å². The maximum Gasteiger partial charge on any atom is 0.176 e. The molecule has 3 rings (SSSR count). The van der Waals surface area contributed by atoms with Crippen LogP contribution in [0.5, 0.6) is 0 Å². The zero-order valence-electron chi connectivity index (χ0n) is 10.7. The number of hydrogen-bond donors (Lipinski definition) is 0. The first-order valence-electron chi connectivity index (χ1n) is 6.24. The Balaban J connectivity index is 1.84. The van der Waals surface area contributed by atoms with Crippen LogP contribution in [0.4, 0.5) is 0 Å². The molecule has 0 unspecified atom stereocenters. The van der Waals surface area contributed by atoms with Crippen molar-refractivity contribution < 1.29 is 8.42 Å². The van der Waals surface area contributed by atoms with Gasteiger partial charge in [-0.05, 0) is 12.3 Å². The van der Waals surface area contributed by atoms with E-state index in [9.17, 15) is 8.42 Å². The molecule has 102 valence electrons. The zero-order valence-corrected chi connectivity index (χ0v) is 11.5. The summed E-state index contributed by atoms with van der Waals surface area (Å²) in [7, 11) is -0.910.